The van der Waals surface area contributed by atoms with E-state index < -0.39 is 5.41 Å². The number of pyridine rings is 1. The number of aryl methyl sites for hydroxylation is 1. The number of nitrogens with one attached hydrogen (secondary N) is 1. The van der Waals surface area contributed by atoms with Gasteiger partial charge in [-0.1, -0.05) is 30.4 Å². The van der Waals surface area contributed by atoms with Gasteiger partial charge in [0.2, 0.25) is 5.91 Å². The fourth-order valence-electron chi connectivity index (χ4n) is 3.54. The van der Waals surface area contributed by atoms with E-state index in [2.05, 4.69) is 10.3 Å². The van der Waals surface area contributed by atoms with Gasteiger partial charge in [-0.2, -0.15) is 0 Å². The monoisotopic (exact) mass is 376 g/mol. The highest BCUT2D eigenvalue weighted by molar-refractivity contribution is 6.03. The maximum atomic E-state index is 13.0. The molecule has 1 amide bonds. The molecule has 1 saturated carbocycles. The molecule has 144 valence electrons. The number of aromatic nitrogens is 1. The van der Waals surface area contributed by atoms with Crippen LogP contribution in [-0.2, 0) is 15.0 Å². The highest BCUT2D eigenvalue weighted by Crippen LogP contribution is 2.49. The first-order chi connectivity index (χ1) is 13.5. The van der Waals surface area contributed by atoms with E-state index in [9.17, 15) is 9.59 Å². The largest absolute Gasteiger partial charge is 0.497 e. The number of rotatable bonds is 5. The third kappa shape index (κ3) is 3.36. The molecule has 1 fully saturated rings. The van der Waals surface area contributed by atoms with Gasteiger partial charge in [0.05, 0.1) is 18.2 Å². The third-order valence-electron chi connectivity index (χ3n) is 5.37. The molecule has 0 aliphatic heterocycles. The predicted molar refractivity (Wildman–Crippen MR) is 110 cm³/mol. The summed E-state index contributed by atoms with van der Waals surface area (Å²) in [6, 6.07) is 11.4. The molecule has 0 bridgehead atoms. The molecule has 2 aliphatic carbocycles. The van der Waals surface area contributed by atoms with Crippen molar-refractivity contribution in [1.29, 1.82) is 0 Å². The summed E-state index contributed by atoms with van der Waals surface area (Å²) in [5.74, 6) is 1.28. The van der Waals surface area contributed by atoms with Crippen LogP contribution in [0.4, 0.5) is 5.82 Å². The van der Waals surface area contributed by atoms with E-state index in [1.165, 1.54) is 0 Å². The molecule has 0 saturated heterocycles. The first kappa shape index (κ1) is 18.2. The molecule has 5 nitrogen and oxygen atoms in total. The van der Waals surface area contributed by atoms with Crippen LogP contribution in [0.2, 0.25) is 0 Å². The second kappa shape index (κ2) is 7.08. The van der Waals surface area contributed by atoms with Crippen LogP contribution in [0.1, 0.15) is 37.5 Å². The van der Waals surface area contributed by atoms with Crippen LogP contribution in [-0.4, -0.2) is 23.8 Å². The van der Waals surface area contributed by atoms with E-state index in [0.29, 0.717) is 12.2 Å². The molecule has 0 atom stereocenters. The summed E-state index contributed by atoms with van der Waals surface area (Å²) in [5.41, 5.74) is 2.94. The van der Waals surface area contributed by atoms with E-state index >= 15 is 0 Å². The molecule has 1 N–H and O–H groups in total. The molecule has 2 aliphatic rings. The van der Waals surface area contributed by atoms with E-state index in [1.54, 1.807) is 19.3 Å². The van der Waals surface area contributed by atoms with Gasteiger partial charge in [0.25, 0.3) is 0 Å². The standard InChI is InChI=1S/C23H22N2O3.H2/c1-15-6-11-20(24-21(15)16-4-3-5-18(26)14-16)25-22(27)23(12-13-23)17-7-9-19(28-2)10-8-17;/h3-4,6-11,14H,5,12-13H2,1-2H3,(H,24,25,27);1H. The van der Waals surface area contributed by atoms with Crippen molar-refractivity contribution in [2.24, 2.45) is 0 Å². The van der Waals surface area contributed by atoms with Crippen LogP contribution >= 0.6 is 0 Å². The van der Waals surface area contributed by atoms with Crippen molar-refractivity contribution in [2.75, 3.05) is 12.4 Å². The molecular formula is C23H24N2O3. The molecule has 1 aromatic heterocycles. The van der Waals surface area contributed by atoms with Gasteiger partial charge in [0, 0.05) is 13.4 Å². The van der Waals surface area contributed by atoms with Crippen molar-refractivity contribution in [3.05, 3.63) is 71.4 Å². The van der Waals surface area contributed by atoms with E-state index in [-0.39, 0.29) is 13.1 Å². The van der Waals surface area contributed by atoms with Crippen LogP contribution < -0.4 is 10.1 Å². The second-order valence-corrected chi connectivity index (χ2v) is 7.30. The molecule has 2 aromatic rings. The number of nitrogens with zero attached hydrogens (tertiary/aromatic N) is 1. The Hall–Kier alpha value is -3.21. The van der Waals surface area contributed by atoms with Gasteiger partial charge < -0.3 is 10.1 Å². The van der Waals surface area contributed by atoms with Crippen LogP contribution in [0.25, 0.3) is 5.57 Å². The average molecular weight is 376 g/mol. The van der Waals surface area contributed by atoms with Crippen LogP contribution in [0, 0.1) is 6.92 Å². The maximum absolute atomic E-state index is 13.0. The number of benzene rings is 1. The van der Waals surface area contributed by atoms with Gasteiger partial charge in [-0.15, -0.1) is 0 Å². The molecule has 4 rings (SSSR count). The number of carbonyl (C=O) groups is 2. The Labute approximate surface area is 165 Å². The minimum atomic E-state index is -0.501. The van der Waals surface area contributed by atoms with Gasteiger partial charge >= 0.3 is 0 Å². The Morgan fingerprint density at radius 2 is 1.93 bits per heavy atom. The normalized spacial score (nSPS) is 17.1. The third-order valence-corrected chi connectivity index (χ3v) is 5.37. The molecule has 1 aromatic carbocycles. The van der Waals surface area contributed by atoms with E-state index in [4.69, 9.17) is 4.74 Å². The number of ketones is 1. The molecule has 1 heterocycles. The number of methoxy groups -OCH3 is 1. The van der Waals surface area contributed by atoms with Gasteiger partial charge in [-0.3, -0.25) is 9.59 Å². The number of anilines is 1. The molecule has 0 unspecified atom stereocenters. The fourth-order valence-corrected chi connectivity index (χ4v) is 3.54. The van der Waals surface area contributed by atoms with Gasteiger partial charge in [0.1, 0.15) is 11.6 Å². The summed E-state index contributed by atoms with van der Waals surface area (Å²) in [5, 5.41) is 2.97. The van der Waals surface area contributed by atoms with Crippen LogP contribution in [0.15, 0.2) is 54.6 Å². The lowest BCUT2D eigenvalue weighted by atomic mass is 9.95. The zero-order valence-electron chi connectivity index (χ0n) is 16.0. The number of amides is 1. The lowest BCUT2D eigenvalue weighted by Gasteiger charge is -2.17. The highest BCUT2D eigenvalue weighted by atomic mass is 16.5. The zero-order valence-corrected chi connectivity index (χ0v) is 16.0. The first-order valence-electron chi connectivity index (χ1n) is 9.37. The van der Waals surface area contributed by atoms with Gasteiger partial charge in [0.15, 0.2) is 5.78 Å². The maximum Gasteiger partial charge on any atom is 0.236 e. The lowest BCUT2D eigenvalue weighted by Crippen LogP contribution is -2.28. The van der Waals surface area contributed by atoms with Crippen molar-refractivity contribution >= 4 is 23.1 Å². The SMILES string of the molecule is COc1ccc(C2(C(=O)Nc3ccc(C)c(C4=CC(=O)CC=C4)n3)CC2)cc1.[HH]. The predicted octanol–water partition coefficient (Wildman–Crippen LogP) is 4.23. The Balaban J connectivity index is 0.00000240. The molecule has 0 spiro atoms. The number of hydrogen-bond acceptors (Lipinski definition) is 4. The van der Waals surface area contributed by atoms with Gasteiger partial charge in [-0.25, -0.2) is 4.98 Å². The smallest absolute Gasteiger partial charge is 0.236 e. The quantitative estimate of drug-likeness (QED) is 0.848. The Morgan fingerprint density at radius 1 is 1.18 bits per heavy atom. The average Bonchev–Trinajstić information content (AvgIpc) is 3.51. The molecule has 28 heavy (non-hydrogen) atoms. The number of allylic oxidation sites excluding steroid dienone is 4. The Morgan fingerprint density at radius 3 is 2.57 bits per heavy atom. The minimum absolute atomic E-state index is 0. The lowest BCUT2D eigenvalue weighted by molar-refractivity contribution is -0.118. The second-order valence-electron chi connectivity index (χ2n) is 7.30. The summed E-state index contributed by atoms with van der Waals surface area (Å²) in [7, 11) is 1.62. The van der Waals surface area contributed by atoms with Crippen molar-refractivity contribution in [3.8, 4) is 5.75 Å². The first-order valence-corrected chi connectivity index (χ1v) is 9.37. The summed E-state index contributed by atoms with van der Waals surface area (Å²) < 4.78 is 5.20. The van der Waals surface area contributed by atoms with Crippen molar-refractivity contribution in [1.82, 2.24) is 4.98 Å². The minimum Gasteiger partial charge on any atom is -0.497 e. The van der Waals surface area contributed by atoms with E-state index in [0.717, 1.165) is 41.0 Å². The van der Waals surface area contributed by atoms with Crippen LogP contribution in [0.3, 0.4) is 0 Å². The van der Waals surface area contributed by atoms with E-state index in [1.807, 2.05) is 49.4 Å². The summed E-state index contributed by atoms with van der Waals surface area (Å²) >= 11 is 0. The van der Waals surface area contributed by atoms with Gasteiger partial charge in [-0.05, 0) is 55.2 Å². The fraction of sp³-hybridized carbons (Fsp3) is 0.261. The van der Waals surface area contributed by atoms with Crippen LogP contribution in [0.5, 0.6) is 5.75 Å². The van der Waals surface area contributed by atoms with Crippen molar-refractivity contribution < 1.29 is 15.8 Å². The molecule has 0 radical (unpaired) electrons. The zero-order chi connectivity index (χ0) is 19.7. The topological polar surface area (TPSA) is 68.3 Å². The van der Waals surface area contributed by atoms with Crippen molar-refractivity contribution in [2.45, 2.75) is 31.6 Å². The summed E-state index contributed by atoms with van der Waals surface area (Å²) in [6.07, 6.45) is 7.40. The Bertz CT molecular complexity index is 1010. The number of ether oxygens (including phenoxy) is 1. The number of hydrogen-bond donors (Lipinski definition) is 1. The highest BCUT2D eigenvalue weighted by Gasteiger charge is 2.51. The number of carbonyl (C=O) groups excluding carboxylic acids is 2. The summed E-state index contributed by atoms with van der Waals surface area (Å²) in [4.78, 5) is 29.3. The Kier molecular flexibility index (Phi) is 4.59. The molecule has 5 heteroatoms. The van der Waals surface area contributed by atoms with Crippen molar-refractivity contribution in [3.63, 3.8) is 0 Å². The summed E-state index contributed by atoms with van der Waals surface area (Å²) in [6.45, 7) is 1.95. The molecular weight excluding hydrogens is 352 g/mol.